The second kappa shape index (κ2) is 5.22. The van der Waals surface area contributed by atoms with Crippen LogP contribution in [0, 0.1) is 0 Å². The molecule has 1 N–H and O–H groups in total. The Kier molecular flexibility index (Phi) is 3.68. The van der Waals surface area contributed by atoms with Gasteiger partial charge in [0.2, 0.25) is 0 Å². The molecule has 0 spiro atoms. The molecule has 0 unspecified atom stereocenters. The zero-order chi connectivity index (χ0) is 12.3. The lowest BCUT2D eigenvalue weighted by Crippen LogP contribution is -2.06. The Morgan fingerprint density at radius 3 is 2.82 bits per heavy atom. The minimum absolute atomic E-state index is 0.549. The van der Waals surface area contributed by atoms with E-state index in [0.29, 0.717) is 6.54 Å². The molecule has 2 heterocycles. The van der Waals surface area contributed by atoms with E-state index in [4.69, 9.17) is 0 Å². The van der Waals surface area contributed by atoms with Gasteiger partial charge >= 0.3 is 0 Å². The van der Waals surface area contributed by atoms with Gasteiger partial charge in [-0.3, -0.25) is 4.68 Å². The summed E-state index contributed by atoms with van der Waals surface area (Å²) in [5.74, 6) is 2.31. The van der Waals surface area contributed by atoms with Gasteiger partial charge in [-0.25, -0.2) is 15.0 Å². The van der Waals surface area contributed by atoms with E-state index in [9.17, 15) is 0 Å². The zero-order valence-corrected chi connectivity index (χ0v) is 11.3. The fraction of sp³-hybridized carbons (Fsp3) is 0.400. The molecule has 2 aromatic heterocycles. The fourth-order valence-electron chi connectivity index (χ4n) is 1.35. The number of aromatic nitrogens is 5. The standard InChI is InChI=1S/C10H13BrN6/c1-3-8-14-7(11)4-9(15-8)12-5-10-13-6-17(2)16-10/h4,6H,3,5H2,1-2H3,(H,12,14,15). The van der Waals surface area contributed by atoms with Gasteiger partial charge in [-0.05, 0) is 15.9 Å². The van der Waals surface area contributed by atoms with Crippen molar-refractivity contribution in [3.05, 3.63) is 28.6 Å². The number of hydrogen-bond acceptors (Lipinski definition) is 5. The fourth-order valence-corrected chi connectivity index (χ4v) is 1.77. The Labute approximate surface area is 108 Å². The van der Waals surface area contributed by atoms with Crippen LogP contribution < -0.4 is 5.32 Å². The van der Waals surface area contributed by atoms with Crippen LogP contribution >= 0.6 is 15.9 Å². The predicted molar refractivity (Wildman–Crippen MR) is 67.4 cm³/mol. The second-order valence-electron chi connectivity index (χ2n) is 3.53. The highest BCUT2D eigenvalue weighted by Gasteiger charge is 2.03. The minimum Gasteiger partial charge on any atom is -0.363 e. The summed E-state index contributed by atoms with van der Waals surface area (Å²) in [6.45, 7) is 2.57. The van der Waals surface area contributed by atoms with E-state index in [1.54, 1.807) is 11.0 Å². The van der Waals surface area contributed by atoms with Gasteiger partial charge in [-0.15, -0.1) is 0 Å². The first kappa shape index (κ1) is 12.0. The Morgan fingerprint density at radius 1 is 1.35 bits per heavy atom. The van der Waals surface area contributed by atoms with Crippen molar-refractivity contribution in [1.82, 2.24) is 24.7 Å². The van der Waals surface area contributed by atoms with E-state index in [0.717, 1.165) is 28.5 Å². The summed E-state index contributed by atoms with van der Waals surface area (Å²) < 4.78 is 2.45. The summed E-state index contributed by atoms with van der Waals surface area (Å²) in [5, 5.41) is 7.35. The van der Waals surface area contributed by atoms with E-state index < -0.39 is 0 Å². The zero-order valence-electron chi connectivity index (χ0n) is 9.68. The van der Waals surface area contributed by atoms with Crippen LogP contribution in [0.15, 0.2) is 17.0 Å². The van der Waals surface area contributed by atoms with Crippen molar-refractivity contribution in [2.45, 2.75) is 19.9 Å². The molecule has 0 bridgehead atoms. The first-order valence-corrected chi connectivity index (χ1v) is 6.08. The molecule has 90 valence electrons. The van der Waals surface area contributed by atoms with Crippen molar-refractivity contribution in [2.24, 2.45) is 7.05 Å². The minimum atomic E-state index is 0.549. The van der Waals surface area contributed by atoms with Gasteiger partial charge in [0.1, 0.15) is 22.6 Å². The normalized spacial score (nSPS) is 10.5. The van der Waals surface area contributed by atoms with Crippen LogP contribution in [-0.4, -0.2) is 24.7 Å². The number of nitrogens with one attached hydrogen (secondary N) is 1. The maximum atomic E-state index is 4.36. The Hall–Kier alpha value is -1.50. The molecule has 0 aliphatic heterocycles. The maximum Gasteiger partial charge on any atom is 0.169 e. The number of rotatable bonds is 4. The second-order valence-corrected chi connectivity index (χ2v) is 4.35. The largest absolute Gasteiger partial charge is 0.363 e. The Morgan fingerprint density at radius 2 is 2.18 bits per heavy atom. The summed E-state index contributed by atoms with van der Waals surface area (Å²) in [5.41, 5.74) is 0. The van der Waals surface area contributed by atoms with Gasteiger partial charge in [0.25, 0.3) is 0 Å². The molecular formula is C10H13BrN6. The van der Waals surface area contributed by atoms with Crippen LogP contribution in [0.4, 0.5) is 5.82 Å². The van der Waals surface area contributed by atoms with Gasteiger partial charge in [0.15, 0.2) is 5.82 Å². The molecule has 2 aromatic rings. The summed E-state index contributed by atoms with van der Waals surface area (Å²) in [6.07, 6.45) is 2.47. The van der Waals surface area contributed by atoms with Gasteiger partial charge < -0.3 is 5.32 Å². The highest BCUT2D eigenvalue weighted by molar-refractivity contribution is 9.10. The third-order valence-corrected chi connectivity index (χ3v) is 2.54. The van der Waals surface area contributed by atoms with E-state index in [1.807, 2.05) is 20.0 Å². The molecular weight excluding hydrogens is 284 g/mol. The van der Waals surface area contributed by atoms with E-state index in [-0.39, 0.29) is 0 Å². The van der Waals surface area contributed by atoms with Crippen molar-refractivity contribution in [3.8, 4) is 0 Å². The summed E-state index contributed by atoms with van der Waals surface area (Å²) in [4.78, 5) is 12.7. The molecule has 0 fully saturated rings. The molecule has 0 aromatic carbocycles. The lowest BCUT2D eigenvalue weighted by atomic mass is 10.4. The lowest BCUT2D eigenvalue weighted by Gasteiger charge is -2.05. The third-order valence-electron chi connectivity index (χ3n) is 2.13. The molecule has 0 aliphatic carbocycles. The molecule has 0 radical (unpaired) electrons. The van der Waals surface area contributed by atoms with E-state index in [2.05, 4.69) is 41.3 Å². The average molecular weight is 297 g/mol. The highest BCUT2D eigenvalue weighted by Crippen LogP contribution is 2.13. The lowest BCUT2D eigenvalue weighted by molar-refractivity contribution is 0.746. The van der Waals surface area contributed by atoms with Gasteiger partial charge in [0, 0.05) is 19.5 Å². The number of anilines is 1. The first-order valence-electron chi connectivity index (χ1n) is 5.29. The molecule has 0 aliphatic rings. The summed E-state index contributed by atoms with van der Waals surface area (Å²) in [6, 6.07) is 1.84. The van der Waals surface area contributed by atoms with Crippen molar-refractivity contribution < 1.29 is 0 Å². The topological polar surface area (TPSA) is 68.5 Å². The molecule has 0 amide bonds. The van der Waals surface area contributed by atoms with Crippen LogP contribution in [0.5, 0.6) is 0 Å². The predicted octanol–water partition coefficient (Wildman–Crippen LogP) is 1.54. The molecule has 0 saturated heterocycles. The molecule has 7 heteroatoms. The average Bonchev–Trinajstić information content (AvgIpc) is 2.72. The van der Waals surface area contributed by atoms with Crippen molar-refractivity contribution in [1.29, 1.82) is 0 Å². The molecule has 0 atom stereocenters. The molecule has 6 nitrogen and oxygen atoms in total. The van der Waals surface area contributed by atoms with Gasteiger partial charge in [0.05, 0.1) is 6.54 Å². The maximum absolute atomic E-state index is 4.36. The monoisotopic (exact) mass is 296 g/mol. The van der Waals surface area contributed by atoms with Crippen molar-refractivity contribution in [3.63, 3.8) is 0 Å². The summed E-state index contributed by atoms with van der Waals surface area (Å²) in [7, 11) is 1.84. The van der Waals surface area contributed by atoms with Crippen LogP contribution in [0.2, 0.25) is 0 Å². The van der Waals surface area contributed by atoms with E-state index in [1.165, 1.54) is 0 Å². The van der Waals surface area contributed by atoms with Crippen molar-refractivity contribution >= 4 is 21.7 Å². The molecule has 17 heavy (non-hydrogen) atoms. The van der Waals surface area contributed by atoms with Crippen LogP contribution in [0.3, 0.4) is 0 Å². The third kappa shape index (κ3) is 3.23. The van der Waals surface area contributed by atoms with Crippen LogP contribution in [0.25, 0.3) is 0 Å². The smallest absolute Gasteiger partial charge is 0.169 e. The molecule has 2 rings (SSSR count). The SMILES string of the molecule is CCc1nc(Br)cc(NCc2ncn(C)n2)n1. The quantitative estimate of drug-likeness (QED) is 0.867. The summed E-state index contributed by atoms with van der Waals surface area (Å²) >= 11 is 3.36. The number of hydrogen-bond donors (Lipinski definition) is 1. The number of halogens is 1. The van der Waals surface area contributed by atoms with Crippen molar-refractivity contribution in [2.75, 3.05) is 5.32 Å². The van der Waals surface area contributed by atoms with Crippen LogP contribution in [-0.2, 0) is 20.0 Å². The number of aryl methyl sites for hydroxylation is 2. The van der Waals surface area contributed by atoms with Gasteiger partial charge in [-0.1, -0.05) is 6.92 Å². The Bertz CT molecular complexity index is 509. The molecule has 0 saturated carbocycles. The first-order chi connectivity index (χ1) is 8.17. The highest BCUT2D eigenvalue weighted by atomic mass is 79.9. The van der Waals surface area contributed by atoms with Crippen LogP contribution in [0.1, 0.15) is 18.6 Å². The van der Waals surface area contributed by atoms with E-state index >= 15 is 0 Å². The van der Waals surface area contributed by atoms with Gasteiger partial charge in [-0.2, -0.15) is 5.10 Å². The Balaban J connectivity index is 2.05. The number of nitrogens with zero attached hydrogens (tertiary/aromatic N) is 5.